The first-order valence-electron chi connectivity index (χ1n) is 7.32. The summed E-state index contributed by atoms with van der Waals surface area (Å²) in [7, 11) is 0. The van der Waals surface area contributed by atoms with E-state index in [9.17, 15) is 0 Å². The van der Waals surface area contributed by atoms with E-state index in [0.29, 0.717) is 6.04 Å². The summed E-state index contributed by atoms with van der Waals surface area (Å²) in [5.74, 6) is 0. The van der Waals surface area contributed by atoms with Crippen molar-refractivity contribution in [3.63, 3.8) is 0 Å². The van der Waals surface area contributed by atoms with Crippen LogP contribution in [0.2, 0.25) is 0 Å². The molecule has 0 saturated heterocycles. The topological polar surface area (TPSA) is 29.3 Å². The molecule has 1 saturated carbocycles. The Kier molecular flexibility index (Phi) is 5.22. The number of hydrogen-bond acceptors (Lipinski definition) is 3. The number of hydrogen-bond donors (Lipinski definition) is 1. The van der Waals surface area contributed by atoms with Crippen molar-refractivity contribution in [2.45, 2.75) is 64.1 Å². The fourth-order valence-corrected chi connectivity index (χ4v) is 4.14. The van der Waals surface area contributed by atoms with Crippen molar-refractivity contribution in [1.29, 1.82) is 0 Å². The van der Waals surface area contributed by atoms with E-state index in [0.717, 1.165) is 19.0 Å². The molecule has 1 aliphatic carbocycles. The summed E-state index contributed by atoms with van der Waals surface area (Å²) in [6, 6.07) is 5.83. The van der Waals surface area contributed by atoms with E-state index in [2.05, 4.69) is 36.3 Å². The lowest BCUT2D eigenvalue weighted by Crippen LogP contribution is -2.44. The molecule has 1 fully saturated rings. The maximum Gasteiger partial charge on any atom is 0.0595 e. The minimum absolute atomic E-state index is 0.254. The highest BCUT2D eigenvalue weighted by atomic mass is 32.1. The zero-order valence-corrected chi connectivity index (χ0v) is 12.5. The van der Waals surface area contributed by atoms with Crippen LogP contribution in [0.1, 0.15) is 56.9 Å². The second-order valence-corrected chi connectivity index (χ2v) is 6.28. The highest BCUT2D eigenvalue weighted by Gasteiger charge is 2.32. The largest absolute Gasteiger partial charge is 0.326 e. The van der Waals surface area contributed by atoms with Gasteiger partial charge in [-0.15, -0.1) is 11.3 Å². The molecule has 2 nitrogen and oxygen atoms in total. The molecule has 2 unspecified atom stereocenters. The van der Waals surface area contributed by atoms with Crippen LogP contribution in [-0.4, -0.2) is 23.5 Å². The summed E-state index contributed by atoms with van der Waals surface area (Å²) in [5.41, 5.74) is 6.42. The van der Waals surface area contributed by atoms with Crippen molar-refractivity contribution in [2.75, 3.05) is 6.54 Å². The number of likely N-dealkylation sites (N-methyl/N-ethyl adjacent to an activating group) is 1. The lowest BCUT2D eigenvalue weighted by atomic mass is 10.0. The molecule has 0 bridgehead atoms. The van der Waals surface area contributed by atoms with E-state index < -0.39 is 0 Å². The summed E-state index contributed by atoms with van der Waals surface area (Å²) in [5, 5.41) is 2.17. The average molecular weight is 266 g/mol. The number of thiophene rings is 1. The molecule has 3 heteroatoms. The van der Waals surface area contributed by atoms with Crippen LogP contribution in [0.25, 0.3) is 0 Å². The molecule has 102 valence electrons. The molecule has 1 aliphatic rings. The van der Waals surface area contributed by atoms with Gasteiger partial charge in [0.15, 0.2) is 0 Å². The van der Waals surface area contributed by atoms with Crippen molar-refractivity contribution in [3.05, 3.63) is 22.4 Å². The Morgan fingerprint density at radius 2 is 2.11 bits per heavy atom. The van der Waals surface area contributed by atoms with Gasteiger partial charge in [-0.1, -0.05) is 32.8 Å². The summed E-state index contributed by atoms with van der Waals surface area (Å²) in [6.45, 7) is 5.59. The standard InChI is InChI=1S/C15H26N2S/c1-3-13(16)15(14-10-7-11-18-14)17(4-2)12-8-5-6-9-12/h7,10-13,15H,3-6,8-9,16H2,1-2H3. The predicted molar refractivity (Wildman–Crippen MR) is 80.0 cm³/mol. The van der Waals surface area contributed by atoms with E-state index in [-0.39, 0.29) is 6.04 Å². The molecule has 0 spiro atoms. The van der Waals surface area contributed by atoms with Gasteiger partial charge in [0.25, 0.3) is 0 Å². The Morgan fingerprint density at radius 1 is 1.39 bits per heavy atom. The smallest absolute Gasteiger partial charge is 0.0595 e. The molecule has 2 atom stereocenters. The Labute approximate surface area is 115 Å². The van der Waals surface area contributed by atoms with E-state index >= 15 is 0 Å². The van der Waals surface area contributed by atoms with Gasteiger partial charge in [-0.2, -0.15) is 0 Å². The molecule has 2 N–H and O–H groups in total. The van der Waals surface area contributed by atoms with Gasteiger partial charge < -0.3 is 5.73 Å². The molecule has 1 aromatic rings. The van der Waals surface area contributed by atoms with Crippen LogP contribution in [-0.2, 0) is 0 Å². The lowest BCUT2D eigenvalue weighted by Gasteiger charge is -2.38. The fraction of sp³-hybridized carbons (Fsp3) is 0.733. The zero-order chi connectivity index (χ0) is 13.0. The van der Waals surface area contributed by atoms with Gasteiger partial charge in [-0.05, 0) is 37.3 Å². The molecular weight excluding hydrogens is 240 g/mol. The number of nitrogens with zero attached hydrogens (tertiary/aromatic N) is 1. The molecule has 1 aromatic heterocycles. The second-order valence-electron chi connectivity index (χ2n) is 5.30. The van der Waals surface area contributed by atoms with Crippen molar-refractivity contribution in [2.24, 2.45) is 5.73 Å². The quantitative estimate of drug-likeness (QED) is 0.849. The van der Waals surface area contributed by atoms with Crippen molar-refractivity contribution < 1.29 is 0 Å². The second kappa shape index (κ2) is 6.69. The van der Waals surface area contributed by atoms with Gasteiger partial charge in [0.1, 0.15) is 0 Å². The van der Waals surface area contributed by atoms with Gasteiger partial charge in [-0.25, -0.2) is 0 Å². The Balaban J connectivity index is 2.20. The Morgan fingerprint density at radius 3 is 2.61 bits per heavy atom. The number of rotatable bonds is 6. The Bertz CT molecular complexity index is 330. The maximum atomic E-state index is 6.42. The maximum absolute atomic E-state index is 6.42. The predicted octanol–water partition coefficient (Wildman–Crippen LogP) is 3.79. The minimum atomic E-state index is 0.254. The molecule has 1 heterocycles. The molecular formula is C15H26N2S. The SMILES string of the molecule is CCC(N)C(c1cccs1)N(CC)C1CCCC1. The van der Waals surface area contributed by atoms with Crippen molar-refractivity contribution in [1.82, 2.24) is 4.90 Å². The summed E-state index contributed by atoms with van der Waals surface area (Å²) in [4.78, 5) is 4.10. The van der Waals surface area contributed by atoms with Crippen molar-refractivity contribution in [3.8, 4) is 0 Å². The van der Waals surface area contributed by atoms with Crippen LogP contribution >= 0.6 is 11.3 Å². The van der Waals surface area contributed by atoms with Gasteiger partial charge in [-0.3, -0.25) is 4.90 Å². The minimum Gasteiger partial charge on any atom is -0.326 e. The van der Waals surface area contributed by atoms with Crippen LogP contribution < -0.4 is 5.73 Å². The molecule has 0 radical (unpaired) electrons. The molecule has 0 amide bonds. The highest BCUT2D eigenvalue weighted by molar-refractivity contribution is 7.10. The fourth-order valence-electron chi connectivity index (χ4n) is 3.22. The van der Waals surface area contributed by atoms with E-state index in [1.54, 1.807) is 0 Å². The first-order valence-corrected chi connectivity index (χ1v) is 8.20. The first-order chi connectivity index (χ1) is 8.77. The van der Waals surface area contributed by atoms with E-state index in [4.69, 9.17) is 5.73 Å². The first kappa shape index (κ1) is 14.0. The average Bonchev–Trinajstić information content (AvgIpc) is 3.07. The third-order valence-electron chi connectivity index (χ3n) is 4.23. The van der Waals surface area contributed by atoms with Gasteiger partial charge in [0.2, 0.25) is 0 Å². The van der Waals surface area contributed by atoms with E-state index in [1.165, 1.54) is 30.6 Å². The third kappa shape index (κ3) is 2.95. The van der Waals surface area contributed by atoms with Crippen LogP contribution in [0, 0.1) is 0 Å². The van der Waals surface area contributed by atoms with Crippen LogP contribution in [0.5, 0.6) is 0 Å². The van der Waals surface area contributed by atoms with Gasteiger partial charge in [0.05, 0.1) is 6.04 Å². The van der Waals surface area contributed by atoms with Crippen LogP contribution in [0.15, 0.2) is 17.5 Å². The third-order valence-corrected chi connectivity index (χ3v) is 5.17. The van der Waals surface area contributed by atoms with Crippen LogP contribution in [0.4, 0.5) is 0 Å². The molecule has 0 aromatic carbocycles. The molecule has 18 heavy (non-hydrogen) atoms. The monoisotopic (exact) mass is 266 g/mol. The van der Waals surface area contributed by atoms with Gasteiger partial charge >= 0.3 is 0 Å². The highest BCUT2D eigenvalue weighted by Crippen LogP contribution is 2.34. The summed E-state index contributed by atoms with van der Waals surface area (Å²) >= 11 is 1.86. The van der Waals surface area contributed by atoms with Crippen LogP contribution in [0.3, 0.4) is 0 Å². The lowest BCUT2D eigenvalue weighted by molar-refractivity contribution is 0.124. The van der Waals surface area contributed by atoms with Gasteiger partial charge in [0, 0.05) is 17.0 Å². The Hall–Kier alpha value is -0.380. The summed E-state index contributed by atoms with van der Waals surface area (Å²) < 4.78 is 0. The number of nitrogens with two attached hydrogens (primary N) is 1. The molecule has 0 aliphatic heterocycles. The molecule has 2 rings (SSSR count). The van der Waals surface area contributed by atoms with Crippen molar-refractivity contribution >= 4 is 11.3 Å². The zero-order valence-electron chi connectivity index (χ0n) is 11.6. The summed E-state index contributed by atoms with van der Waals surface area (Å²) in [6.07, 6.45) is 6.53. The van der Waals surface area contributed by atoms with E-state index in [1.807, 2.05) is 11.3 Å². The normalized spacial score (nSPS) is 20.4.